The summed E-state index contributed by atoms with van der Waals surface area (Å²) in [5.74, 6) is 0.798. The Balaban J connectivity index is 2.70. The van der Waals surface area contributed by atoms with Gasteiger partial charge in [-0.3, -0.25) is 4.79 Å². The second-order valence-corrected chi connectivity index (χ2v) is 5.47. The summed E-state index contributed by atoms with van der Waals surface area (Å²) < 4.78 is 0. The Labute approximate surface area is 94.0 Å². The van der Waals surface area contributed by atoms with E-state index in [0.717, 1.165) is 17.9 Å². The van der Waals surface area contributed by atoms with Crippen molar-refractivity contribution in [2.75, 3.05) is 18.6 Å². The Morgan fingerprint density at radius 1 is 1.47 bits per heavy atom. The molecule has 4 nitrogen and oxygen atoms in total. The summed E-state index contributed by atoms with van der Waals surface area (Å²) in [4.78, 5) is 24.3. The largest absolute Gasteiger partial charge is 0.480 e. The highest BCUT2D eigenvalue weighted by Crippen LogP contribution is 2.27. The molecule has 1 amide bonds. The molecular formula is C10H17NO3S. The fourth-order valence-corrected chi connectivity index (χ4v) is 2.63. The molecule has 0 saturated carbocycles. The van der Waals surface area contributed by atoms with E-state index < -0.39 is 11.5 Å². The number of nitrogens with zero attached hydrogens (tertiary/aromatic N) is 1. The molecule has 1 N–H and O–H groups in total. The van der Waals surface area contributed by atoms with Crippen molar-refractivity contribution in [2.24, 2.45) is 5.92 Å². The molecule has 15 heavy (non-hydrogen) atoms. The minimum Gasteiger partial charge on any atom is -0.480 e. The second-order valence-electron chi connectivity index (χ2n) is 4.32. The van der Waals surface area contributed by atoms with Crippen molar-refractivity contribution in [1.29, 1.82) is 0 Å². The fourth-order valence-electron chi connectivity index (χ4n) is 1.42. The summed E-state index contributed by atoms with van der Waals surface area (Å²) in [7, 11) is 1.57. The van der Waals surface area contributed by atoms with Gasteiger partial charge in [-0.2, -0.15) is 11.8 Å². The molecule has 0 aromatic rings. The number of amides is 1. The summed E-state index contributed by atoms with van der Waals surface area (Å²) in [5.41, 5.74) is -1.12. The number of hydrogen-bond acceptors (Lipinski definition) is 3. The molecule has 86 valence electrons. The van der Waals surface area contributed by atoms with Crippen LogP contribution in [0.5, 0.6) is 0 Å². The predicted octanol–water partition coefficient (Wildman–Crippen LogP) is 1.06. The van der Waals surface area contributed by atoms with Gasteiger partial charge in [0.2, 0.25) is 5.91 Å². The number of carboxylic acids is 1. The number of aliphatic carboxylic acids is 1. The molecule has 1 aliphatic heterocycles. The Kier molecular flexibility index (Phi) is 3.65. The summed E-state index contributed by atoms with van der Waals surface area (Å²) >= 11 is 1.75. The molecule has 0 aliphatic carbocycles. The number of carboxylic acid groups (broad SMARTS) is 1. The van der Waals surface area contributed by atoms with Gasteiger partial charge in [0.05, 0.1) is 0 Å². The van der Waals surface area contributed by atoms with E-state index in [2.05, 4.69) is 0 Å². The molecule has 0 spiro atoms. The highest BCUT2D eigenvalue weighted by atomic mass is 32.2. The van der Waals surface area contributed by atoms with Crippen LogP contribution in [0.4, 0.5) is 0 Å². The molecule has 0 radical (unpaired) electrons. The first-order chi connectivity index (χ1) is 6.87. The SMILES string of the molecule is CN(C(=O)C1CCSC1)C(C)(C)C(=O)O. The highest BCUT2D eigenvalue weighted by molar-refractivity contribution is 7.99. The lowest BCUT2D eigenvalue weighted by Gasteiger charge is -2.33. The van der Waals surface area contributed by atoms with Crippen LogP contribution in [0.1, 0.15) is 20.3 Å². The summed E-state index contributed by atoms with van der Waals surface area (Å²) in [5, 5.41) is 9.00. The van der Waals surface area contributed by atoms with E-state index in [1.165, 1.54) is 4.90 Å². The topological polar surface area (TPSA) is 57.6 Å². The average molecular weight is 231 g/mol. The van der Waals surface area contributed by atoms with Crippen LogP contribution in [0, 0.1) is 5.92 Å². The van der Waals surface area contributed by atoms with E-state index in [9.17, 15) is 9.59 Å². The molecule has 0 bridgehead atoms. The fraction of sp³-hybridized carbons (Fsp3) is 0.800. The first-order valence-corrected chi connectivity index (χ1v) is 6.11. The number of hydrogen-bond donors (Lipinski definition) is 1. The van der Waals surface area contributed by atoms with Crippen LogP contribution in [-0.4, -0.2) is 46.0 Å². The third-order valence-electron chi connectivity index (χ3n) is 2.97. The molecule has 1 rings (SSSR count). The quantitative estimate of drug-likeness (QED) is 0.789. The van der Waals surface area contributed by atoms with Gasteiger partial charge in [0.15, 0.2) is 0 Å². The van der Waals surface area contributed by atoms with Crippen molar-refractivity contribution in [3.63, 3.8) is 0 Å². The van der Waals surface area contributed by atoms with Crippen LogP contribution in [-0.2, 0) is 9.59 Å². The number of rotatable bonds is 3. The first-order valence-electron chi connectivity index (χ1n) is 4.96. The van der Waals surface area contributed by atoms with E-state index in [4.69, 9.17) is 5.11 Å². The predicted molar refractivity (Wildman–Crippen MR) is 59.9 cm³/mol. The van der Waals surface area contributed by atoms with Crippen LogP contribution in [0.2, 0.25) is 0 Å². The van der Waals surface area contributed by atoms with Gasteiger partial charge in [0, 0.05) is 18.7 Å². The molecule has 1 aliphatic rings. The van der Waals surface area contributed by atoms with Gasteiger partial charge in [-0.05, 0) is 26.0 Å². The maximum absolute atomic E-state index is 11.9. The zero-order valence-electron chi connectivity index (χ0n) is 9.32. The lowest BCUT2D eigenvalue weighted by molar-refractivity contribution is -0.156. The van der Waals surface area contributed by atoms with Gasteiger partial charge >= 0.3 is 5.97 Å². The standard InChI is InChI=1S/C10H17NO3S/c1-10(2,9(13)14)11(3)8(12)7-4-5-15-6-7/h7H,4-6H2,1-3H3,(H,13,14). The minimum absolute atomic E-state index is 0.00127. The molecule has 1 fully saturated rings. The summed E-state index contributed by atoms with van der Waals surface area (Å²) in [6.07, 6.45) is 0.865. The molecule has 1 saturated heterocycles. The van der Waals surface area contributed by atoms with Gasteiger partial charge in [-0.1, -0.05) is 0 Å². The normalized spacial score (nSPS) is 21.4. The lowest BCUT2D eigenvalue weighted by atomic mass is 10.00. The van der Waals surface area contributed by atoms with Crippen molar-refractivity contribution < 1.29 is 14.7 Å². The van der Waals surface area contributed by atoms with E-state index >= 15 is 0 Å². The van der Waals surface area contributed by atoms with Crippen molar-refractivity contribution in [3.8, 4) is 0 Å². The van der Waals surface area contributed by atoms with Crippen LogP contribution in [0.3, 0.4) is 0 Å². The number of carbonyl (C=O) groups excluding carboxylic acids is 1. The third kappa shape index (κ3) is 2.45. The maximum atomic E-state index is 11.9. The van der Waals surface area contributed by atoms with Crippen molar-refractivity contribution >= 4 is 23.6 Å². The van der Waals surface area contributed by atoms with E-state index in [-0.39, 0.29) is 11.8 Å². The Morgan fingerprint density at radius 2 is 2.07 bits per heavy atom. The molecule has 0 aromatic carbocycles. The van der Waals surface area contributed by atoms with Crippen LogP contribution >= 0.6 is 11.8 Å². The van der Waals surface area contributed by atoms with Gasteiger partial charge < -0.3 is 10.0 Å². The smallest absolute Gasteiger partial charge is 0.329 e. The third-order valence-corrected chi connectivity index (χ3v) is 4.13. The minimum atomic E-state index is -1.12. The Hall–Kier alpha value is -0.710. The molecule has 0 aromatic heterocycles. The van der Waals surface area contributed by atoms with Gasteiger partial charge in [-0.15, -0.1) is 0 Å². The Morgan fingerprint density at radius 3 is 2.47 bits per heavy atom. The van der Waals surface area contributed by atoms with E-state index in [1.807, 2.05) is 0 Å². The van der Waals surface area contributed by atoms with Gasteiger partial charge in [-0.25, -0.2) is 4.79 Å². The monoisotopic (exact) mass is 231 g/mol. The van der Waals surface area contributed by atoms with Gasteiger partial charge in [0.25, 0.3) is 0 Å². The molecule has 1 heterocycles. The summed E-state index contributed by atoms with van der Waals surface area (Å²) in [6, 6.07) is 0. The average Bonchev–Trinajstić information content (AvgIpc) is 2.67. The van der Waals surface area contributed by atoms with Crippen LogP contribution in [0.25, 0.3) is 0 Å². The van der Waals surface area contributed by atoms with Crippen LogP contribution in [0.15, 0.2) is 0 Å². The lowest BCUT2D eigenvalue weighted by Crippen LogP contribution is -2.52. The zero-order chi connectivity index (χ0) is 11.6. The number of carbonyl (C=O) groups is 2. The first kappa shape index (κ1) is 12.4. The number of likely N-dealkylation sites (N-methyl/N-ethyl adjacent to an activating group) is 1. The van der Waals surface area contributed by atoms with E-state index in [1.54, 1.807) is 32.7 Å². The highest BCUT2D eigenvalue weighted by Gasteiger charge is 2.38. The van der Waals surface area contributed by atoms with Gasteiger partial charge in [0.1, 0.15) is 5.54 Å². The molecule has 1 unspecified atom stereocenters. The molecule has 1 atom stereocenters. The molecular weight excluding hydrogens is 214 g/mol. The second kappa shape index (κ2) is 4.43. The van der Waals surface area contributed by atoms with Crippen molar-refractivity contribution in [1.82, 2.24) is 4.90 Å². The zero-order valence-corrected chi connectivity index (χ0v) is 10.1. The number of thioether (sulfide) groups is 1. The summed E-state index contributed by atoms with van der Waals surface area (Å²) in [6.45, 7) is 3.10. The van der Waals surface area contributed by atoms with Crippen LogP contribution < -0.4 is 0 Å². The van der Waals surface area contributed by atoms with Crippen molar-refractivity contribution in [3.05, 3.63) is 0 Å². The maximum Gasteiger partial charge on any atom is 0.329 e. The van der Waals surface area contributed by atoms with Crippen molar-refractivity contribution in [2.45, 2.75) is 25.8 Å². The molecule has 5 heteroatoms. The Bertz CT molecular complexity index is 272. The van der Waals surface area contributed by atoms with E-state index in [0.29, 0.717) is 0 Å².